The van der Waals surface area contributed by atoms with E-state index >= 15 is 0 Å². The van der Waals surface area contributed by atoms with Crippen molar-refractivity contribution in [2.75, 3.05) is 13.2 Å². The van der Waals surface area contributed by atoms with Crippen molar-refractivity contribution < 1.29 is 9.47 Å². The summed E-state index contributed by atoms with van der Waals surface area (Å²) in [5, 5.41) is 0. The van der Waals surface area contributed by atoms with Gasteiger partial charge >= 0.3 is 0 Å². The van der Waals surface area contributed by atoms with Gasteiger partial charge in [-0.15, -0.1) is 0 Å². The topological polar surface area (TPSA) is 18.5 Å². The molecule has 0 spiro atoms. The molecule has 1 heterocycles. The number of hydrogen-bond donors (Lipinski definition) is 0. The van der Waals surface area contributed by atoms with Crippen molar-refractivity contribution in [1.29, 1.82) is 0 Å². The Morgan fingerprint density at radius 1 is 1.50 bits per heavy atom. The van der Waals surface area contributed by atoms with E-state index in [9.17, 15) is 0 Å². The number of ether oxygens (including phenoxy) is 2. The van der Waals surface area contributed by atoms with Crippen molar-refractivity contribution in [1.82, 2.24) is 0 Å². The summed E-state index contributed by atoms with van der Waals surface area (Å²) < 4.78 is 12.4. The Morgan fingerprint density at radius 2 is 2.38 bits per heavy atom. The molecular formula is C13H17BrO2. The summed E-state index contributed by atoms with van der Waals surface area (Å²) in [6.45, 7) is 3.72. The molecule has 1 fully saturated rings. The van der Waals surface area contributed by atoms with Gasteiger partial charge in [-0.05, 0) is 37.5 Å². The van der Waals surface area contributed by atoms with Gasteiger partial charge in [0.15, 0.2) is 0 Å². The summed E-state index contributed by atoms with van der Waals surface area (Å²) >= 11 is 3.45. The fourth-order valence-electron chi connectivity index (χ4n) is 1.90. The van der Waals surface area contributed by atoms with Crippen LogP contribution in [0.25, 0.3) is 0 Å². The average Bonchev–Trinajstić information content (AvgIpc) is 2.76. The second-order valence-corrected chi connectivity index (χ2v) is 5.10. The summed E-state index contributed by atoms with van der Waals surface area (Å²) in [5.74, 6) is 0.965. The van der Waals surface area contributed by atoms with E-state index in [0.717, 1.165) is 29.9 Å². The Hall–Kier alpha value is -0.540. The van der Waals surface area contributed by atoms with Gasteiger partial charge in [0.25, 0.3) is 0 Å². The van der Waals surface area contributed by atoms with Gasteiger partial charge in [-0.25, -0.2) is 0 Å². The highest BCUT2D eigenvalue weighted by atomic mass is 79.9. The molecule has 3 heteroatoms. The lowest BCUT2D eigenvalue weighted by molar-refractivity contribution is 0.0902. The minimum absolute atomic E-state index is 0.410. The van der Waals surface area contributed by atoms with Crippen LogP contribution >= 0.6 is 15.9 Å². The first-order valence-corrected chi connectivity index (χ1v) is 6.55. The van der Waals surface area contributed by atoms with Crippen molar-refractivity contribution in [3.8, 4) is 5.75 Å². The van der Waals surface area contributed by atoms with E-state index in [1.165, 1.54) is 18.4 Å². The third-order valence-corrected chi connectivity index (χ3v) is 3.36. The predicted octanol–water partition coefficient (Wildman–Crippen LogP) is 3.71. The second kappa shape index (κ2) is 5.69. The smallest absolute Gasteiger partial charge is 0.123 e. The molecular weight excluding hydrogens is 268 g/mol. The minimum Gasteiger partial charge on any atom is -0.493 e. The number of benzene rings is 1. The van der Waals surface area contributed by atoms with Crippen LogP contribution in [0.15, 0.2) is 22.7 Å². The molecule has 2 nitrogen and oxygen atoms in total. The van der Waals surface area contributed by atoms with Gasteiger partial charge in [0.2, 0.25) is 0 Å². The highest BCUT2D eigenvalue weighted by Gasteiger charge is 2.15. The minimum atomic E-state index is 0.410. The molecule has 0 bridgehead atoms. The predicted molar refractivity (Wildman–Crippen MR) is 68.0 cm³/mol. The monoisotopic (exact) mass is 284 g/mol. The summed E-state index contributed by atoms with van der Waals surface area (Å²) in [5.41, 5.74) is 1.18. The van der Waals surface area contributed by atoms with Crippen molar-refractivity contribution in [3.63, 3.8) is 0 Å². The molecule has 1 aromatic carbocycles. The number of aryl methyl sites for hydroxylation is 1. The zero-order chi connectivity index (χ0) is 11.4. The molecule has 88 valence electrons. The van der Waals surface area contributed by atoms with E-state index in [1.807, 2.05) is 12.1 Å². The van der Waals surface area contributed by atoms with Gasteiger partial charge in [0.05, 0.1) is 12.7 Å². The highest BCUT2D eigenvalue weighted by Crippen LogP contribution is 2.23. The van der Waals surface area contributed by atoms with Crippen LogP contribution in [0, 0.1) is 6.92 Å². The third-order valence-electron chi connectivity index (χ3n) is 2.87. The average molecular weight is 285 g/mol. The second-order valence-electron chi connectivity index (χ2n) is 4.18. The van der Waals surface area contributed by atoms with E-state index in [0.29, 0.717) is 6.10 Å². The Balaban J connectivity index is 1.82. The molecule has 0 amide bonds. The number of halogens is 1. The summed E-state index contributed by atoms with van der Waals surface area (Å²) in [6.07, 6.45) is 3.78. The molecule has 16 heavy (non-hydrogen) atoms. The molecule has 0 N–H and O–H groups in total. The standard InChI is InChI=1S/C13H17BrO2/c1-10-4-5-11(14)9-13(10)16-8-6-12-3-2-7-15-12/h4-5,9,12H,2-3,6-8H2,1H3. The van der Waals surface area contributed by atoms with Crippen LogP contribution in [-0.4, -0.2) is 19.3 Å². The molecule has 0 aliphatic carbocycles. The van der Waals surface area contributed by atoms with Crippen molar-refractivity contribution in [2.24, 2.45) is 0 Å². The van der Waals surface area contributed by atoms with Crippen molar-refractivity contribution in [2.45, 2.75) is 32.3 Å². The molecule has 1 aliphatic rings. The van der Waals surface area contributed by atoms with Crippen LogP contribution in [-0.2, 0) is 4.74 Å². The molecule has 1 atom stereocenters. The van der Waals surface area contributed by atoms with Crippen LogP contribution in [0.2, 0.25) is 0 Å². The van der Waals surface area contributed by atoms with Gasteiger partial charge < -0.3 is 9.47 Å². The van der Waals surface area contributed by atoms with Crippen LogP contribution in [0.1, 0.15) is 24.8 Å². The first-order valence-electron chi connectivity index (χ1n) is 5.76. The van der Waals surface area contributed by atoms with E-state index in [1.54, 1.807) is 0 Å². The normalized spacial score (nSPS) is 20.0. The molecule has 1 saturated heterocycles. The van der Waals surface area contributed by atoms with Crippen LogP contribution in [0.5, 0.6) is 5.75 Å². The van der Waals surface area contributed by atoms with E-state index in [2.05, 4.69) is 28.9 Å². The van der Waals surface area contributed by atoms with Gasteiger partial charge in [0.1, 0.15) is 5.75 Å². The van der Waals surface area contributed by atoms with Crippen LogP contribution in [0.4, 0.5) is 0 Å². The van der Waals surface area contributed by atoms with E-state index < -0.39 is 0 Å². The highest BCUT2D eigenvalue weighted by molar-refractivity contribution is 9.10. The summed E-state index contributed by atoms with van der Waals surface area (Å²) in [4.78, 5) is 0. The van der Waals surface area contributed by atoms with Gasteiger partial charge in [0, 0.05) is 17.5 Å². The van der Waals surface area contributed by atoms with Crippen LogP contribution in [0.3, 0.4) is 0 Å². The van der Waals surface area contributed by atoms with E-state index in [4.69, 9.17) is 9.47 Å². The molecule has 0 aromatic heterocycles. The number of rotatable bonds is 4. The fraction of sp³-hybridized carbons (Fsp3) is 0.538. The molecule has 2 rings (SSSR count). The zero-order valence-electron chi connectivity index (χ0n) is 9.54. The SMILES string of the molecule is Cc1ccc(Br)cc1OCCC1CCCO1. The molecule has 1 aliphatic heterocycles. The Kier molecular flexibility index (Phi) is 4.24. The van der Waals surface area contributed by atoms with Crippen molar-refractivity contribution >= 4 is 15.9 Å². The maximum absolute atomic E-state index is 5.77. The molecule has 1 aromatic rings. The largest absolute Gasteiger partial charge is 0.493 e. The fourth-order valence-corrected chi connectivity index (χ4v) is 2.24. The molecule has 0 saturated carbocycles. The van der Waals surface area contributed by atoms with Crippen LogP contribution < -0.4 is 4.74 Å². The number of hydrogen-bond acceptors (Lipinski definition) is 2. The first kappa shape index (κ1) is 11.9. The first-order chi connectivity index (χ1) is 7.75. The Morgan fingerprint density at radius 3 is 3.12 bits per heavy atom. The molecule has 1 unspecified atom stereocenters. The third kappa shape index (κ3) is 3.22. The molecule has 0 radical (unpaired) electrons. The van der Waals surface area contributed by atoms with E-state index in [-0.39, 0.29) is 0 Å². The lowest BCUT2D eigenvalue weighted by Crippen LogP contribution is -2.11. The Labute approximate surface area is 105 Å². The lowest BCUT2D eigenvalue weighted by atomic mass is 10.2. The quantitative estimate of drug-likeness (QED) is 0.839. The lowest BCUT2D eigenvalue weighted by Gasteiger charge is -2.12. The maximum atomic E-state index is 5.77. The Bertz CT molecular complexity index is 346. The summed E-state index contributed by atoms with van der Waals surface area (Å²) in [7, 11) is 0. The zero-order valence-corrected chi connectivity index (χ0v) is 11.1. The maximum Gasteiger partial charge on any atom is 0.123 e. The van der Waals surface area contributed by atoms with Gasteiger partial charge in [-0.1, -0.05) is 22.0 Å². The summed E-state index contributed by atoms with van der Waals surface area (Å²) in [6, 6.07) is 6.11. The van der Waals surface area contributed by atoms with Crippen molar-refractivity contribution in [3.05, 3.63) is 28.2 Å². The van der Waals surface area contributed by atoms with Gasteiger partial charge in [-0.3, -0.25) is 0 Å². The van der Waals surface area contributed by atoms with Gasteiger partial charge in [-0.2, -0.15) is 0 Å².